The summed E-state index contributed by atoms with van der Waals surface area (Å²) in [6.45, 7) is 28.9. The summed E-state index contributed by atoms with van der Waals surface area (Å²) < 4.78 is 80.6. The zero-order valence-electron chi connectivity index (χ0n) is 82.6. The third kappa shape index (κ3) is 34.8. The van der Waals surface area contributed by atoms with Crippen molar-refractivity contribution in [2.75, 3.05) is 23.7 Å². The molecule has 3 saturated heterocycles. The Morgan fingerprint density at radius 2 is 0.818 bits per heavy atom. The highest BCUT2D eigenvalue weighted by Crippen LogP contribution is 2.38. The van der Waals surface area contributed by atoms with Gasteiger partial charge in [-0.2, -0.15) is 51.5 Å². The number of carbonyl (C=O) groups excluding carboxylic acids is 9. The second-order valence-electron chi connectivity index (χ2n) is 35.5. The fourth-order valence-electron chi connectivity index (χ4n) is 14.4. The third-order valence-corrected chi connectivity index (χ3v) is 24.5. The van der Waals surface area contributed by atoms with Gasteiger partial charge in [-0.15, -0.1) is 12.4 Å². The van der Waals surface area contributed by atoms with Crippen molar-refractivity contribution in [2.24, 2.45) is 0 Å². The fraction of sp³-hybridized carbons (Fsp3) is 0.306. The Hall–Kier alpha value is -12.1. The van der Waals surface area contributed by atoms with Gasteiger partial charge in [-0.3, -0.25) is 66.7 Å². The van der Waals surface area contributed by atoms with E-state index >= 15 is 0 Å². The fourth-order valence-corrected chi connectivity index (χ4v) is 14.6. The van der Waals surface area contributed by atoms with Gasteiger partial charge in [-0.05, 0) is 256 Å². The number of fused-ring (bicyclic) bond motifs is 4. The number of pyridine rings is 6. The predicted molar refractivity (Wildman–Crippen MR) is 591 cm³/mol. The zero-order chi connectivity index (χ0) is 108. The minimum Gasteiger partial charge on any atom is -0.480 e. The molecule has 13 heterocycles. The van der Waals surface area contributed by atoms with Crippen LogP contribution in [0.25, 0.3) is 77.0 Å². The first kappa shape index (κ1) is 123. The van der Waals surface area contributed by atoms with Gasteiger partial charge in [-0.25, -0.2) is 29.9 Å². The van der Waals surface area contributed by atoms with Crippen LogP contribution in [0, 0.1) is 37.6 Å². The van der Waals surface area contributed by atoms with Crippen molar-refractivity contribution < 1.29 is 89.4 Å². The van der Waals surface area contributed by atoms with Crippen LogP contribution in [-0.4, -0.2) is 192 Å². The van der Waals surface area contributed by atoms with E-state index in [1.807, 2.05) is 105 Å². The number of hydrogen-bond acceptors (Lipinski definition) is 31. The van der Waals surface area contributed by atoms with Crippen LogP contribution in [0.4, 0.5) is 29.2 Å². The molecule has 3 fully saturated rings. The molecular formula is C98H103BBrClF4N18O15S10. The zero-order valence-corrected chi connectivity index (χ0v) is 93.3. The molecule has 50 heteroatoms. The maximum Gasteiger partial charge on any atom is 0.494 e. The Morgan fingerprint density at radius 3 is 1.11 bits per heavy atom. The van der Waals surface area contributed by atoms with Gasteiger partial charge in [0.1, 0.15) is 77.8 Å². The quantitative estimate of drug-likeness (QED) is 0.0181. The summed E-state index contributed by atoms with van der Waals surface area (Å²) in [4.78, 5) is 145. The number of benzene rings is 4. The van der Waals surface area contributed by atoms with Gasteiger partial charge in [0.15, 0.2) is 23.1 Å². The van der Waals surface area contributed by atoms with Gasteiger partial charge in [0.2, 0.25) is 41.5 Å². The van der Waals surface area contributed by atoms with Crippen molar-refractivity contribution in [1.29, 1.82) is 0 Å². The van der Waals surface area contributed by atoms with E-state index in [1.165, 1.54) is 118 Å². The molecule has 0 spiro atoms. The van der Waals surface area contributed by atoms with Gasteiger partial charge < -0.3 is 44.7 Å². The van der Waals surface area contributed by atoms with Crippen LogP contribution in [0.15, 0.2) is 187 Å². The Bertz CT molecular complexity index is 7270. The van der Waals surface area contributed by atoms with E-state index in [2.05, 4.69) is 149 Å². The molecule has 14 aromatic rings. The van der Waals surface area contributed by atoms with Crippen molar-refractivity contribution in [1.82, 2.24) is 79.2 Å². The molecule has 17 rings (SSSR count). The summed E-state index contributed by atoms with van der Waals surface area (Å²) in [6.07, 6.45) is 7.11. The molecule has 148 heavy (non-hydrogen) atoms. The maximum absolute atomic E-state index is 13.2. The normalized spacial score (nSPS) is 13.7. The number of carboxylic acids is 1. The summed E-state index contributed by atoms with van der Waals surface area (Å²) in [7, 11) is 2.72. The van der Waals surface area contributed by atoms with Crippen LogP contribution in [0.1, 0.15) is 163 Å². The number of likely N-dealkylation sites (tertiary alicyclic amines) is 1. The number of halogens is 6. The van der Waals surface area contributed by atoms with Crippen molar-refractivity contribution in [3.05, 3.63) is 245 Å². The molecule has 0 unspecified atom stereocenters. The summed E-state index contributed by atoms with van der Waals surface area (Å²) in [5, 5.41) is 37.1. The van der Waals surface area contributed by atoms with E-state index in [0.717, 1.165) is 59.9 Å². The van der Waals surface area contributed by atoms with Gasteiger partial charge in [0.05, 0.1) is 39.3 Å². The highest BCUT2D eigenvalue weighted by Gasteiger charge is 2.52. The van der Waals surface area contributed by atoms with E-state index in [-0.39, 0.29) is 116 Å². The number of Topliss-reactive ketones (excluding diaryl/α,β-unsaturated/α-hetero) is 4. The predicted octanol–water partition coefficient (Wildman–Crippen LogP) is 15.8. The number of ketones is 4. The van der Waals surface area contributed by atoms with Crippen molar-refractivity contribution >= 4 is 262 Å². The molecule has 4 N–H and O–H groups in total. The largest absolute Gasteiger partial charge is 0.494 e. The molecule has 10 aromatic heterocycles. The first-order valence-corrected chi connectivity index (χ1v) is 53.1. The van der Waals surface area contributed by atoms with E-state index in [0.29, 0.717) is 90.6 Å². The van der Waals surface area contributed by atoms with Gasteiger partial charge in [0.25, 0.3) is 0 Å². The smallest absolute Gasteiger partial charge is 0.480 e. The van der Waals surface area contributed by atoms with Gasteiger partial charge >= 0.3 is 25.0 Å². The Balaban J connectivity index is 0.000000244. The summed E-state index contributed by atoms with van der Waals surface area (Å²) >= 11 is 27.4. The Morgan fingerprint density at radius 1 is 0.486 bits per heavy atom. The number of ether oxygens (including phenoxy) is 2. The second kappa shape index (κ2) is 56.0. The molecule has 3 amide bonds. The lowest BCUT2D eigenvalue weighted by atomic mass is 9.78. The lowest BCUT2D eigenvalue weighted by Crippen LogP contribution is -2.57. The molecule has 4 aromatic carbocycles. The minimum absolute atomic E-state index is 0. The van der Waals surface area contributed by atoms with Crippen molar-refractivity contribution in [3.8, 4) is 33.4 Å². The molecule has 3 aliphatic rings. The van der Waals surface area contributed by atoms with Crippen LogP contribution in [0.2, 0.25) is 0 Å². The maximum atomic E-state index is 13.2. The van der Waals surface area contributed by atoms with Gasteiger partial charge in [-0.1, -0.05) is 42.5 Å². The number of aryl methyl sites for hydroxylation is 2. The average Bonchev–Trinajstić information content (AvgIpc) is 1.68. The van der Waals surface area contributed by atoms with E-state index in [1.54, 1.807) is 112 Å². The molecule has 2 atom stereocenters. The summed E-state index contributed by atoms with van der Waals surface area (Å²) in [5.41, 5.74) is 8.22. The van der Waals surface area contributed by atoms with E-state index in [4.69, 9.17) is 23.9 Å². The van der Waals surface area contributed by atoms with E-state index in [9.17, 15) is 65.5 Å². The topological polar surface area (TPSA) is 416 Å². The number of anilines is 2. The molecule has 3 aliphatic heterocycles. The molecule has 0 bridgehead atoms. The van der Waals surface area contributed by atoms with Crippen LogP contribution in [0.3, 0.4) is 0 Å². The number of amides is 3. The highest BCUT2D eigenvalue weighted by atomic mass is 79.9. The number of rotatable bonds is 20. The Labute approximate surface area is 909 Å². The number of carboxylic acid groups (broad SMARTS) is 1. The number of nitrogens with zero attached hydrogens (tertiary/aromatic N) is 15. The SMILES string of the molecule is CC(=O)c1nn(CC(=O)N2CC[C@H]2C(=O)Nc2cccc(C)n2)c2ccc(-c3ccc(F)nc3)cc12.CC(=O)c1nn(CC(=O)O)c2ccc(-c3ccc(F)nc3)cc12.CC(=O)c1nn(CC(=O)OC(C)(C)C)c2ccc(-c3ccc(F)nc3)cc12.CC(=O)c1nn(CC(=O)OC(C)(C)C)c2ccc(B3OC(C)(C)C(C)(C)O3)cc12.Cc1cccc(NC(=O)[C@@H]2CCN2)n1.Cl.Fc1ccc(Br)cn1.S.S=S.S=S=S.S=S=S=S. The number of carbonyl (C=O) groups is 10. The first-order valence-electron chi connectivity index (χ1n) is 44.4. The molecule has 0 radical (unpaired) electrons. The minimum atomic E-state index is -1.05. The molecular weight excluding hydrogens is 2190 g/mol. The molecule has 33 nitrogen and oxygen atoms in total. The molecule has 0 saturated carbocycles. The molecule has 0 aliphatic carbocycles. The third-order valence-electron chi connectivity index (χ3n) is 21.8. The first-order chi connectivity index (χ1) is 69.0. The van der Waals surface area contributed by atoms with Crippen LogP contribution in [0.5, 0.6) is 0 Å². The average molecular weight is 2300 g/mol. The number of aromatic nitrogens is 14. The number of nitrogens with one attached hydrogen (secondary N) is 3. The lowest BCUT2D eigenvalue weighted by molar-refractivity contribution is -0.156. The van der Waals surface area contributed by atoms with Crippen LogP contribution >= 0.6 is 41.8 Å². The van der Waals surface area contributed by atoms with Crippen molar-refractivity contribution in [2.45, 2.75) is 184 Å². The standard InChI is InChI=1S/C26H23FN6O3.C21H29BN2O5.C20H20FN3O3.C16H12FN3O3.C10H13N3O.C5H3BrFN.ClH.S4.S3.S2.H2S/c1-15-4-3-5-23(29-15)30-26(36)21-10-11-32(21)24(35)14-33-20-8-6-17(18-7-9-22(27)28-13-18)12-19(20)25(31-33)16(2)34;1-13(25)18-15-11-14(22-28-20(5,6)21(7,8)29-22)9-10-16(15)24(23-18)12-17(26)27-19(2,3)4;1-12(25)19-15-9-13(14-6-8-17(21)22-10-14)5-7-16(15)24(23-19)11-18(26)27-20(2,3)4;1-9(21)16-12-6-10(11-3-5-14(17)18-7-11)2-4-13(12)20(19-16)8-15(22)23;1-7-3-2-4-9(12-7)13-10(14)8-5-6-11-8;6-4-1-2-5(7)8-3-4;;1-3-4-2;1-3-2;1-2;/h3-9,12-13,21H,10-11,14H2,1-2H3,(H,29,30,36);9-11H,12H2,1-8H3;5-10H,11H2,1-4H3;2-7H,8H2,1H3,(H,22,23);2-4,8,11H,5-6H2,1H3,(H,12,13,14);1-3H;1H;;;;1H2/t21-;;;;8-;;;;;;/m0...0....../s1. The van der Waals surface area contributed by atoms with Crippen LogP contribution < -0.4 is 21.4 Å². The molecule has 780 valence electrons. The number of aliphatic carboxylic acids is 1. The monoisotopic (exact) mass is 2290 g/mol. The Kier molecular flexibility index (Phi) is 46.5. The van der Waals surface area contributed by atoms with E-state index < -0.39 is 77.3 Å². The van der Waals surface area contributed by atoms with Crippen molar-refractivity contribution in [3.63, 3.8) is 0 Å². The van der Waals surface area contributed by atoms with Gasteiger partial charge in [0, 0.05) is 207 Å². The second-order valence-corrected chi connectivity index (χ2v) is 41.7. The summed E-state index contributed by atoms with van der Waals surface area (Å²) in [5.74, 6) is -4.43. The lowest BCUT2D eigenvalue weighted by Gasteiger charge is -2.39. The highest BCUT2D eigenvalue weighted by molar-refractivity contribution is 9.10. The van der Waals surface area contributed by atoms with Crippen LogP contribution in [-0.2, 0) is 167 Å². The number of hydrogen-bond donors (Lipinski definition) is 4. The summed E-state index contributed by atoms with van der Waals surface area (Å²) in [6, 6.07) is 43.2. The number of esters is 2.